The molecule has 0 aliphatic rings. The number of nitro groups is 1. The van der Waals surface area contributed by atoms with Crippen molar-refractivity contribution in [3.8, 4) is 11.3 Å². The molecule has 0 fully saturated rings. The summed E-state index contributed by atoms with van der Waals surface area (Å²) in [5.41, 5.74) is 5.72. The highest BCUT2D eigenvalue weighted by molar-refractivity contribution is 5.92. The summed E-state index contributed by atoms with van der Waals surface area (Å²) in [6.07, 6.45) is -0.667. The van der Waals surface area contributed by atoms with Crippen molar-refractivity contribution in [1.29, 1.82) is 0 Å². The first kappa shape index (κ1) is 17.5. The number of nitro benzene ring substituents is 1. The third-order valence-electron chi connectivity index (χ3n) is 4.26. The predicted molar refractivity (Wildman–Crippen MR) is 99.6 cm³/mol. The molecule has 0 spiro atoms. The van der Waals surface area contributed by atoms with Crippen LogP contribution in [0.3, 0.4) is 0 Å². The van der Waals surface area contributed by atoms with Crippen LogP contribution in [0, 0.1) is 24.0 Å². The van der Waals surface area contributed by atoms with Gasteiger partial charge in [0.1, 0.15) is 0 Å². The summed E-state index contributed by atoms with van der Waals surface area (Å²) in [4.78, 5) is 24.8. The van der Waals surface area contributed by atoms with Crippen molar-refractivity contribution < 1.29 is 14.8 Å². The van der Waals surface area contributed by atoms with E-state index in [0.717, 1.165) is 38.9 Å². The van der Waals surface area contributed by atoms with Crippen molar-refractivity contribution in [3.05, 3.63) is 63.2 Å². The zero-order valence-corrected chi connectivity index (χ0v) is 14.5. The van der Waals surface area contributed by atoms with Gasteiger partial charge >= 0.3 is 6.09 Å². The first-order valence-corrected chi connectivity index (χ1v) is 8.19. The molecular weight excluding hydrogens is 334 g/mol. The molecule has 0 radical (unpaired) electrons. The largest absolute Gasteiger partial charge is 0.465 e. The van der Waals surface area contributed by atoms with Crippen LogP contribution in [0.5, 0.6) is 0 Å². The number of aryl methyl sites for hydroxylation is 2. The Balaban J connectivity index is 2.16. The fourth-order valence-corrected chi connectivity index (χ4v) is 3.27. The van der Waals surface area contributed by atoms with Crippen LogP contribution in [0.25, 0.3) is 22.2 Å². The van der Waals surface area contributed by atoms with Gasteiger partial charge in [-0.3, -0.25) is 10.1 Å². The number of fused-ring (bicyclic) bond motifs is 1. The second kappa shape index (κ2) is 6.87. The van der Waals surface area contributed by atoms with E-state index >= 15 is 0 Å². The Hall–Kier alpha value is -3.35. The molecule has 0 saturated carbocycles. The Morgan fingerprint density at radius 2 is 1.88 bits per heavy atom. The Morgan fingerprint density at radius 3 is 2.50 bits per heavy atom. The van der Waals surface area contributed by atoms with Gasteiger partial charge in [0.15, 0.2) is 0 Å². The molecule has 0 bridgehead atoms. The highest BCUT2D eigenvalue weighted by Crippen LogP contribution is 2.33. The molecule has 0 atom stereocenters. The number of rotatable bonds is 5. The molecule has 7 heteroatoms. The van der Waals surface area contributed by atoms with E-state index in [1.165, 1.54) is 12.1 Å². The molecule has 0 unspecified atom stereocenters. The van der Waals surface area contributed by atoms with E-state index in [2.05, 4.69) is 16.4 Å². The molecule has 134 valence electrons. The fraction of sp³-hybridized carbons (Fsp3) is 0.211. The summed E-state index contributed by atoms with van der Waals surface area (Å²) in [7, 11) is 0. The number of benzene rings is 2. The molecular formula is C19H19N3O4. The highest BCUT2D eigenvalue weighted by atomic mass is 16.6. The summed E-state index contributed by atoms with van der Waals surface area (Å²) >= 11 is 0. The topological polar surface area (TPSA) is 108 Å². The number of hydrogen-bond acceptors (Lipinski definition) is 3. The second-order valence-electron chi connectivity index (χ2n) is 6.32. The summed E-state index contributed by atoms with van der Waals surface area (Å²) in [6, 6.07) is 10.8. The molecule has 3 aromatic rings. The maximum absolute atomic E-state index is 11.1. The zero-order chi connectivity index (χ0) is 18.8. The molecule has 0 saturated heterocycles. The van der Waals surface area contributed by atoms with Crippen LogP contribution in [0.15, 0.2) is 36.4 Å². The normalized spacial score (nSPS) is 10.8. The lowest BCUT2D eigenvalue weighted by atomic mass is 9.99. The smallest absolute Gasteiger partial charge is 0.404 e. The van der Waals surface area contributed by atoms with Crippen molar-refractivity contribution in [2.45, 2.75) is 20.3 Å². The van der Waals surface area contributed by atoms with Gasteiger partial charge in [0, 0.05) is 35.3 Å². The number of nitrogens with one attached hydrogen (secondary N) is 2. The van der Waals surface area contributed by atoms with E-state index in [0.29, 0.717) is 6.42 Å². The zero-order valence-electron chi connectivity index (χ0n) is 14.5. The average Bonchev–Trinajstić information content (AvgIpc) is 2.91. The minimum atomic E-state index is -1.09. The van der Waals surface area contributed by atoms with Gasteiger partial charge in [-0.15, -0.1) is 0 Å². The number of hydrogen-bond donors (Lipinski definition) is 3. The second-order valence-corrected chi connectivity index (χ2v) is 6.32. The Labute approximate surface area is 149 Å². The van der Waals surface area contributed by atoms with E-state index in [9.17, 15) is 14.9 Å². The molecule has 3 rings (SSSR count). The number of aromatic amines is 1. The molecule has 3 N–H and O–H groups in total. The van der Waals surface area contributed by atoms with Gasteiger partial charge in [-0.05, 0) is 49.6 Å². The van der Waals surface area contributed by atoms with Crippen molar-refractivity contribution in [1.82, 2.24) is 10.3 Å². The predicted octanol–water partition coefficient (Wildman–Crippen LogP) is 4.17. The van der Waals surface area contributed by atoms with Crippen LogP contribution in [0.4, 0.5) is 10.5 Å². The Morgan fingerprint density at radius 1 is 1.19 bits per heavy atom. The number of H-pyrrole nitrogens is 1. The summed E-state index contributed by atoms with van der Waals surface area (Å²) in [6.45, 7) is 4.24. The summed E-state index contributed by atoms with van der Waals surface area (Å²) in [5.74, 6) is 0. The lowest BCUT2D eigenvalue weighted by Gasteiger charge is -2.08. The quantitative estimate of drug-likeness (QED) is 0.472. The summed E-state index contributed by atoms with van der Waals surface area (Å²) in [5, 5.41) is 23.0. The first-order chi connectivity index (χ1) is 12.3. The van der Waals surface area contributed by atoms with Gasteiger partial charge < -0.3 is 15.4 Å². The number of amides is 1. The van der Waals surface area contributed by atoms with Crippen molar-refractivity contribution in [3.63, 3.8) is 0 Å². The van der Waals surface area contributed by atoms with Crippen LogP contribution < -0.4 is 5.32 Å². The number of nitrogens with zero attached hydrogens (tertiary/aromatic N) is 1. The maximum Gasteiger partial charge on any atom is 0.404 e. The molecule has 26 heavy (non-hydrogen) atoms. The van der Waals surface area contributed by atoms with E-state index in [4.69, 9.17) is 5.11 Å². The molecule has 1 amide bonds. The van der Waals surface area contributed by atoms with Gasteiger partial charge in [0.25, 0.3) is 5.69 Å². The van der Waals surface area contributed by atoms with Crippen LogP contribution in [-0.4, -0.2) is 27.7 Å². The standard InChI is InChI=1S/C19H19N3O4/c1-11-7-12(2)9-13(8-11)18-15(5-6-20-19(23)24)16-10-14(22(25)26)3-4-17(16)21-18/h3-4,7-10,20-21H,5-6H2,1-2H3,(H,23,24). The van der Waals surface area contributed by atoms with Crippen molar-refractivity contribution in [2.75, 3.05) is 6.54 Å². The molecule has 0 aliphatic carbocycles. The van der Waals surface area contributed by atoms with E-state index in [-0.39, 0.29) is 12.2 Å². The van der Waals surface area contributed by atoms with Gasteiger partial charge in [-0.25, -0.2) is 4.79 Å². The molecule has 0 aliphatic heterocycles. The highest BCUT2D eigenvalue weighted by Gasteiger charge is 2.17. The lowest BCUT2D eigenvalue weighted by molar-refractivity contribution is -0.384. The SMILES string of the molecule is Cc1cc(C)cc(-c2[nH]c3ccc([N+](=O)[O-])cc3c2CCNC(=O)O)c1. The minimum absolute atomic E-state index is 0.0101. The third-order valence-corrected chi connectivity index (χ3v) is 4.26. The number of carbonyl (C=O) groups is 1. The summed E-state index contributed by atoms with van der Waals surface area (Å²) < 4.78 is 0. The molecule has 7 nitrogen and oxygen atoms in total. The van der Waals surface area contributed by atoms with E-state index < -0.39 is 11.0 Å². The van der Waals surface area contributed by atoms with Crippen LogP contribution in [0.1, 0.15) is 16.7 Å². The Kier molecular flexibility index (Phi) is 4.62. The van der Waals surface area contributed by atoms with Gasteiger partial charge in [0.05, 0.1) is 4.92 Å². The van der Waals surface area contributed by atoms with Crippen LogP contribution in [-0.2, 0) is 6.42 Å². The molecule has 1 heterocycles. The lowest BCUT2D eigenvalue weighted by Crippen LogP contribution is -2.23. The van der Waals surface area contributed by atoms with Crippen LogP contribution >= 0.6 is 0 Å². The number of aromatic nitrogens is 1. The van der Waals surface area contributed by atoms with Crippen molar-refractivity contribution >= 4 is 22.7 Å². The third kappa shape index (κ3) is 3.51. The Bertz CT molecular complexity index is 987. The minimum Gasteiger partial charge on any atom is -0.465 e. The number of non-ortho nitro benzene ring substituents is 1. The van der Waals surface area contributed by atoms with E-state index in [1.54, 1.807) is 6.07 Å². The van der Waals surface area contributed by atoms with Gasteiger partial charge in [-0.2, -0.15) is 0 Å². The van der Waals surface area contributed by atoms with Gasteiger partial charge in [-0.1, -0.05) is 17.2 Å². The fourth-order valence-electron chi connectivity index (χ4n) is 3.27. The maximum atomic E-state index is 11.1. The van der Waals surface area contributed by atoms with E-state index in [1.807, 2.05) is 26.0 Å². The van der Waals surface area contributed by atoms with Crippen molar-refractivity contribution in [2.24, 2.45) is 0 Å². The van der Waals surface area contributed by atoms with Crippen LogP contribution in [0.2, 0.25) is 0 Å². The molecule has 1 aromatic heterocycles. The number of carboxylic acid groups (broad SMARTS) is 1. The monoisotopic (exact) mass is 353 g/mol. The average molecular weight is 353 g/mol. The molecule has 2 aromatic carbocycles. The first-order valence-electron chi connectivity index (χ1n) is 8.19. The van der Waals surface area contributed by atoms with Gasteiger partial charge in [0.2, 0.25) is 0 Å².